The van der Waals surface area contributed by atoms with Crippen molar-refractivity contribution in [2.45, 2.75) is 46.6 Å². The fourth-order valence-corrected chi connectivity index (χ4v) is 3.48. The Balaban J connectivity index is 2.59. The highest BCUT2D eigenvalue weighted by Gasteiger charge is 2.46. The Hall–Kier alpha value is -2.40. The van der Waals surface area contributed by atoms with Gasteiger partial charge in [-0.05, 0) is 31.9 Å². The number of methoxy groups -OCH3 is 1. The molecule has 0 N–H and O–H groups in total. The van der Waals surface area contributed by atoms with Crippen LogP contribution in [-0.4, -0.2) is 29.4 Å². The minimum absolute atomic E-state index is 0.0107. The SMILES string of the molecule is CCC(C)/C=C(C)/C=C/c1cc2c(cn1)=C(OC)[C@@](C)(OC(C)=O)C(=O)C=2Cl. The molecular formula is C22H26ClNO4. The van der Waals surface area contributed by atoms with Gasteiger partial charge < -0.3 is 9.47 Å². The molecule has 1 aromatic rings. The summed E-state index contributed by atoms with van der Waals surface area (Å²) in [6.45, 7) is 9.04. The molecule has 2 atom stereocenters. The molecule has 1 unspecified atom stereocenters. The first kappa shape index (κ1) is 21.9. The first-order chi connectivity index (χ1) is 13.1. The molecule has 0 saturated heterocycles. The number of esters is 1. The first-order valence-corrected chi connectivity index (χ1v) is 9.57. The molecule has 6 heteroatoms. The molecule has 0 aromatic carbocycles. The standard InChI is InChI=1S/C22H26ClNO4/c1-7-13(2)10-14(3)8-9-16-11-17-18(12-24-16)21(27-6)22(5,28-15(4)25)20(26)19(17)23/h8-13H,7H2,1-6H3/b9-8+,14-10+/t13?,22-/m0/s1. The summed E-state index contributed by atoms with van der Waals surface area (Å²) in [5, 5.41) is 1.02. The maximum Gasteiger partial charge on any atom is 0.304 e. The maximum absolute atomic E-state index is 12.9. The number of carbonyl (C=O) groups is 2. The van der Waals surface area contributed by atoms with Gasteiger partial charge >= 0.3 is 5.97 Å². The molecule has 0 saturated carbocycles. The number of hydrogen-bond donors (Lipinski definition) is 0. The number of aromatic nitrogens is 1. The van der Waals surface area contributed by atoms with E-state index in [4.69, 9.17) is 21.1 Å². The van der Waals surface area contributed by atoms with Gasteiger partial charge in [-0.3, -0.25) is 14.6 Å². The van der Waals surface area contributed by atoms with Crippen molar-refractivity contribution in [1.82, 2.24) is 4.98 Å². The van der Waals surface area contributed by atoms with Crippen LogP contribution >= 0.6 is 11.6 Å². The third-order valence-electron chi connectivity index (χ3n) is 4.73. The second-order valence-electron chi connectivity index (χ2n) is 7.09. The van der Waals surface area contributed by atoms with Gasteiger partial charge in [0.15, 0.2) is 5.76 Å². The van der Waals surface area contributed by atoms with Gasteiger partial charge in [0.25, 0.3) is 0 Å². The quantitative estimate of drug-likeness (QED) is 0.539. The van der Waals surface area contributed by atoms with Gasteiger partial charge in [-0.15, -0.1) is 0 Å². The predicted octanol–water partition coefficient (Wildman–Crippen LogP) is 3.09. The summed E-state index contributed by atoms with van der Waals surface area (Å²) in [5.74, 6) is -0.417. The number of carbonyl (C=O) groups excluding carboxylic acids is 2. The molecular weight excluding hydrogens is 378 g/mol. The van der Waals surface area contributed by atoms with E-state index in [-0.39, 0.29) is 10.8 Å². The second-order valence-corrected chi connectivity index (χ2v) is 7.47. The number of nitrogens with zero attached hydrogens (tertiary/aromatic N) is 1. The van der Waals surface area contributed by atoms with E-state index in [0.29, 0.717) is 22.0 Å². The second kappa shape index (κ2) is 8.74. The molecule has 0 radical (unpaired) electrons. The molecule has 1 heterocycles. The largest absolute Gasteiger partial charge is 0.496 e. The monoisotopic (exact) mass is 403 g/mol. The van der Waals surface area contributed by atoms with Gasteiger partial charge in [-0.2, -0.15) is 0 Å². The lowest BCUT2D eigenvalue weighted by atomic mass is 9.90. The number of allylic oxidation sites excluding steroid dienone is 3. The van der Waals surface area contributed by atoms with E-state index in [1.54, 1.807) is 12.3 Å². The number of fused-ring (bicyclic) bond motifs is 1. The lowest BCUT2D eigenvalue weighted by Crippen LogP contribution is -2.52. The van der Waals surface area contributed by atoms with E-state index in [2.05, 4.69) is 24.9 Å². The van der Waals surface area contributed by atoms with Crippen molar-refractivity contribution < 1.29 is 19.1 Å². The zero-order valence-corrected chi connectivity index (χ0v) is 17.9. The van der Waals surface area contributed by atoms with Gasteiger partial charge in [0.2, 0.25) is 11.4 Å². The summed E-state index contributed by atoms with van der Waals surface area (Å²) >= 11 is 6.35. The van der Waals surface area contributed by atoms with E-state index >= 15 is 0 Å². The Labute approximate surface area is 170 Å². The zero-order valence-electron chi connectivity index (χ0n) is 17.1. The first-order valence-electron chi connectivity index (χ1n) is 9.19. The average Bonchev–Trinajstić information content (AvgIpc) is 2.64. The van der Waals surface area contributed by atoms with Crippen molar-refractivity contribution in [1.29, 1.82) is 0 Å². The molecule has 0 spiro atoms. The lowest BCUT2D eigenvalue weighted by Gasteiger charge is -2.31. The van der Waals surface area contributed by atoms with Crippen molar-refractivity contribution in [3.63, 3.8) is 0 Å². The zero-order chi connectivity index (χ0) is 21.1. The van der Waals surface area contributed by atoms with Crippen molar-refractivity contribution >= 4 is 40.2 Å². The fraction of sp³-hybridized carbons (Fsp3) is 0.409. The maximum atomic E-state index is 12.9. The summed E-state index contributed by atoms with van der Waals surface area (Å²) in [6, 6.07) is 1.73. The number of ketones is 1. The number of ether oxygens (including phenoxy) is 2. The van der Waals surface area contributed by atoms with Crippen LogP contribution in [0.25, 0.3) is 16.9 Å². The number of hydrogen-bond acceptors (Lipinski definition) is 5. The fourth-order valence-electron chi connectivity index (χ4n) is 3.14. The highest BCUT2D eigenvalue weighted by Crippen LogP contribution is 2.30. The molecule has 2 rings (SSSR count). The van der Waals surface area contributed by atoms with Crippen LogP contribution in [0.15, 0.2) is 30.0 Å². The van der Waals surface area contributed by atoms with Crippen LogP contribution in [0.1, 0.15) is 46.7 Å². The van der Waals surface area contributed by atoms with E-state index in [1.807, 2.05) is 19.1 Å². The minimum atomic E-state index is -1.61. The lowest BCUT2D eigenvalue weighted by molar-refractivity contribution is -0.157. The smallest absolute Gasteiger partial charge is 0.304 e. The summed E-state index contributed by atoms with van der Waals surface area (Å²) in [5.41, 5.74) is 0.180. The Morgan fingerprint density at radius 3 is 2.61 bits per heavy atom. The summed E-state index contributed by atoms with van der Waals surface area (Å²) in [6.07, 6.45) is 8.70. The van der Waals surface area contributed by atoms with E-state index in [1.165, 1.54) is 21.0 Å². The van der Waals surface area contributed by atoms with Crippen LogP contribution < -0.4 is 10.4 Å². The van der Waals surface area contributed by atoms with E-state index in [0.717, 1.165) is 12.0 Å². The highest BCUT2D eigenvalue weighted by atomic mass is 35.5. The molecule has 150 valence electrons. The van der Waals surface area contributed by atoms with Crippen molar-refractivity contribution in [3.05, 3.63) is 46.1 Å². The topological polar surface area (TPSA) is 65.5 Å². The van der Waals surface area contributed by atoms with Crippen LogP contribution in [-0.2, 0) is 19.1 Å². The predicted molar refractivity (Wildman–Crippen MR) is 111 cm³/mol. The number of Topliss-reactive ketones (excluding diaryl/α,β-unsaturated/α-hetero) is 1. The summed E-state index contributed by atoms with van der Waals surface area (Å²) < 4.78 is 10.7. The normalized spacial score (nSPS) is 21.0. The van der Waals surface area contributed by atoms with Crippen LogP contribution in [0.4, 0.5) is 0 Å². The number of rotatable bonds is 6. The molecule has 1 aliphatic carbocycles. The third kappa shape index (κ3) is 4.36. The van der Waals surface area contributed by atoms with Gasteiger partial charge in [-0.25, -0.2) is 0 Å². The summed E-state index contributed by atoms with van der Waals surface area (Å²) in [7, 11) is 1.42. The van der Waals surface area contributed by atoms with Gasteiger partial charge in [0.1, 0.15) is 0 Å². The average molecular weight is 404 g/mol. The minimum Gasteiger partial charge on any atom is -0.496 e. The van der Waals surface area contributed by atoms with Crippen molar-refractivity contribution in [2.24, 2.45) is 5.92 Å². The van der Waals surface area contributed by atoms with E-state index in [9.17, 15) is 9.59 Å². The number of pyridine rings is 1. The molecule has 0 bridgehead atoms. The van der Waals surface area contributed by atoms with Gasteiger partial charge in [0, 0.05) is 23.6 Å². The Bertz CT molecular complexity index is 977. The highest BCUT2D eigenvalue weighted by molar-refractivity contribution is 6.62. The number of halogens is 1. The van der Waals surface area contributed by atoms with Crippen LogP contribution in [0, 0.1) is 5.92 Å². The Kier molecular flexibility index (Phi) is 6.83. The molecule has 1 aromatic heterocycles. The molecule has 1 aliphatic rings. The molecule has 0 fully saturated rings. The van der Waals surface area contributed by atoms with E-state index < -0.39 is 17.4 Å². The molecule has 0 aliphatic heterocycles. The van der Waals surface area contributed by atoms with Crippen molar-refractivity contribution in [3.8, 4) is 0 Å². The van der Waals surface area contributed by atoms with Crippen LogP contribution in [0.2, 0.25) is 0 Å². The van der Waals surface area contributed by atoms with Crippen molar-refractivity contribution in [2.75, 3.05) is 7.11 Å². The van der Waals surface area contributed by atoms with Gasteiger partial charge in [-0.1, -0.05) is 49.6 Å². The Morgan fingerprint density at radius 2 is 2.04 bits per heavy atom. The van der Waals surface area contributed by atoms with Crippen LogP contribution in [0.3, 0.4) is 0 Å². The molecule has 5 nitrogen and oxygen atoms in total. The summed E-state index contributed by atoms with van der Waals surface area (Å²) in [4.78, 5) is 28.8. The van der Waals surface area contributed by atoms with Gasteiger partial charge in [0.05, 0.1) is 17.8 Å². The Morgan fingerprint density at radius 1 is 1.36 bits per heavy atom. The molecule has 0 amide bonds. The molecule has 28 heavy (non-hydrogen) atoms. The third-order valence-corrected chi connectivity index (χ3v) is 5.11. The van der Waals surface area contributed by atoms with Crippen LogP contribution in [0.5, 0.6) is 0 Å².